The first-order chi connectivity index (χ1) is 8.26. The van der Waals surface area contributed by atoms with Crippen molar-refractivity contribution in [2.24, 2.45) is 0 Å². The van der Waals surface area contributed by atoms with Crippen LogP contribution in [0, 0.1) is 6.92 Å². The van der Waals surface area contributed by atoms with Crippen molar-refractivity contribution in [1.29, 1.82) is 0 Å². The maximum Gasteiger partial charge on any atom is 0.0571 e. The van der Waals surface area contributed by atoms with Gasteiger partial charge >= 0.3 is 0 Å². The van der Waals surface area contributed by atoms with E-state index in [0.29, 0.717) is 0 Å². The third-order valence-corrected chi connectivity index (χ3v) is 2.89. The predicted octanol–water partition coefficient (Wildman–Crippen LogP) is 1.99. The molecular formula is C13H18N4. The van der Waals surface area contributed by atoms with Gasteiger partial charge in [-0.05, 0) is 32.5 Å². The van der Waals surface area contributed by atoms with Crippen molar-refractivity contribution < 1.29 is 0 Å². The van der Waals surface area contributed by atoms with Crippen LogP contribution in [0.5, 0.6) is 0 Å². The van der Waals surface area contributed by atoms with Gasteiger partial charge in [-0.3, -0.25) is 9.67 Å². The minimum atomic E-state index is 0.835. The fourth-order valence-corrected chi connectivity index (χ4v) is 1.98. The van der Waals surface area contributed by atoms with E-state index in [4.69, 9.17) is 0 Å². The summed E-state index contributed by atoms with van der Waals surface area (Å²) < 4.78 is 2.00. The molecule has 0 aromatic carbocycles. The normalized spacial score (nSPS) is 10.8. The minimum absolute atomic E-state index is 0.835. The van der Waals surface area contributed by atoms with Gasteiger partial charge in [0.15, 0.2) is 0 Å². The highest BCUT2D eigenvalue weighted by atomic mass is 15.3. The lowest BCUT2D eigenvalue weighted by atomic mass is 10.1. The molecule has 4 heteroatoms. The van der Waals surface area contributed by atoms with Gasteiger partial charge in [0, 0.05) is 42.3 Å². The first-order valence-corrected chi connectivity index (χ1v) is 5.87. The Hall–Kier alpha value is -1.68. The van der Waals surface area contributed by atoms with Crippen molar-refractivity contribution in [3.8, 4) is 11.1 Å². The zero-order valence-electron chi connectivity index (χ0n) is 10.6. The summed E-state index contributed by atoms with van der Waals surface area (Å²) in [5, 5.41) is 7.49. The van der Waals surface area contributed by atoms with Crippen molar-refractivity contribution in [2.45, 2.75) is 26.9 Å². The zero-order chi connectivity index (χ0) is 12.3. The smallest absolute Gasteiger partial charge is 0.0571 e. The van der Waals surface area contributed by atoms with E-state index in [1.165, 1.54) is 11.3 Å². The number of nitrogens with one attached hydrogen (secondary N) is 1. The van der Waals surface area contributed by atoms with Crippen LogP contribution in [0.1, 0.15) is 18.2 Å². The molecule has 0 saturated carbocycles. The van der Waals surface area contributed by atoms with Crippen LogP contribution >= 0.6 is 0 Å². The van der Waals surface area contributed by atoms with Crippen molar-refractivity contribution in [2.75, 3.05) is 7.05 Å². The molecule has 1 N–H and O–H groups in total. The predicted molar refractivity (Wildman–Crippen MR) is 68.6 cm³/mol. The quantitative estimate of drug-likeness (QED) is 0.873. The van der Waals surface area contributed by atoms with Crippen molar-refractivity contribution in [3.05, 3.63) is 35.9 Å². The molecule has 0 unspecified atom stereocenters. The summed E-state index contributed by atoms with van der Waals surface area (Å²) in [6, 6.07) is 2.16. The van der Waals surface area contributed by atoms with E-state index in [9.17, 15) is 0 Å². The highest BCUT2D eigenvalue weighted by molar-refractivity contribution is 5.64. The zero-order valence-corrected chi connectivity index (χ0v) is 10.6. The number of hydrogen-bond acceptors (Lipinski definition) is 3. The topological polar surface area (TPSA) is 42.7 Å². The van der Waals surface area contributed by atoms with E-state index in [-0.39, 0.29) is 0 Å². The van der Waals surface area contributed by atoms with Crippen molar-refractivity contribution >= 4 is 0 Å². The largest absolute Gasteiger partial charge is 0.316 e. The second-order valence-corrected chi connectivity index (χ2v) is 4.07. The SMILES string of the molecule is CCn1ncc(-c2cncc(CNC)c2)c1C. The van der Waals surface area contributed by atoms with Gasteiger partial charge in [-0.25, -0.2) is 0 Å². The second-order valence-electron chi connectivity index (χ2n) is 4.07. The molecule has 0 bridgehead atoms. The van der Waals surface area contributed by atoms with Crippen LogP contribution in [0.15, 0.2) is 24.7 Å². The average molecular weight is 230 g/mol. The number of rotatable bonds is 4. The van der Waals surface area contributed by atoms with Crippen LogP contribution in [-0.2, 0) is 13.1 Å². The number of hydrogen-bond donors (Lipinski definition) is 1. The summed E-state index contributed by atoms with van der Waals surface area (Å²) >= 11 is 0. The molecule has 0 radical (unpaired) electrons. The Morgan fingerprint density at radius 1 is 1.29 bits per heavy atom. The summed E-state index contributed by atoms with van der Waals surface area (Å²) in [7, 11) is 1.94. The van der Waals surface area contributed by atoms with Gasteiger partial charge in [0.2, 0.25) is 0 Å². The van der Waals surface area contributed by atoms with Crippen LogP contribution in [0.2, 0.25) is 0 Å². The Morgan fingerprint density at radius 3 is 2.76 bits per heavy atom. The van der Waals surface area contributed by atoms with Crippen LogP contribution in [0.4, 0.5) is 0 Å². The molecule has 0 aliphatic heterocycles. The van der Waals surface area contributed by atoms with Crippen LogP contribution < -0.4 is 5.32 Å². The summed E-state index contributed by atoms with van der Waals surface area (Å²) in [6.45, 7) is 5.92. The van der Waals surface area contributed by atoms with E-state index in [1.807, 2.05) is 30.3 Å². The maximum atomic E-state index is 4.36. The monoisotopic (exact) mass is 230 g/mol. The Morgan fingerprint density at radius 2 is 2.12 bits per heavy atom. The standard InChI is InChI=1S/C13H18N4/c1-4-17-10(2)13(9-16-17)12-5-11(6-14-3)7-15-8-12/h5,7-9,14H,4,6H2,1-3H3. The van der Waals surface area contributed by atoms with E-state index >= 15 is 0 Å². The third kappa shape index (κ3) is 2.36. The lowest BCUT2D eigenvalue weighted by Crippen LogP contribution is -2.05. The molecule has 0 aliphatic rings. The second kappa shape index (κ2) is 5.10. The van der Waals surface area contributed by atoms with E-state index in [0.717, 1.165) is 24.2 Å². The van der Waals surface area contributed by atoms with Crippen LogP contribution in [0.3, 0.4) is 0 Å². The van der Waals surface area contributed by atoms with Crippen LogP contribution in [-0.4, -0.2) is 21.8 Å². The number of aromatic nitrogens is 3. The van der Waals surface area contributed by atoms with Crippen molar-refractivity contribution in [3.63, 3.8) is 0 Å². The lowest BCUT2D eigenvalue weighted by Gasteiger charge is -2.05. The summed E-state index contributed by atoms with van der Waals surface area (Å²) in [5.41, 5.74) is 4.68. The van der Waals surface area contributed by atoms with Gasteiger partial charge in [0.25, 0.3) is 0 Å². The fourth-order valence-electron chi connectivity index (χ4n) is 1.98. The summed E-state index contributed by atoms with van der Waals surface area (Å²) in [5.74, 6) is 0. The third-order valence-electron chi connectivity index (χ3n) is 2.89. The van der Waals surface area contributed by atoms with E-state index in [2.05, 4.69) is 35.3 Å². The lowest BCUT2D eigenvalue weighted by molar-refractivity contribution is 0.640. The van der Waals surface area contributed by atoms with Crippen LogP contribution in [0.25, 0.3) is 11.1 Å². The molecule has 4 nitrogen and oxygen atoms in total. The van der Waals surface area contributed by atoms with Gasteiger partial charge in [-0.2, -0.15) is 5.10 Å². The number of pyridine rings is 1. The highest BCUT2D eigenvalue weighted by Gasteiger charge is 2.08. The molecule has 0 fully saturated rings. The highest BCUT2D eigenvalue weighted by Crippen LogP contribution is 2.22. The summed E-state index contributed by atoms with van der Waals surface area (Å²) in [6.07, 6.45) is 5.70. The Bertz CT molecular complexity index is 502. The molecule has 2 heterocycles. The molecule has 0 atom stereocenters. The molecule has 90 valence electrons. The first kappa shape index (κ1) is 11.8. The molecule has 0 spiro atoms. The maximum absolute atomic E-state index is 4.36. The Kier molecular flexibility index (Phi) is 3.54. The fraction of sp³-hybridized carbons (Fsp3) is 0.385. The molecule has 0 aliphatic carbocycles. The molecule has 2 aromatic heterocycles. The van der Waals surface area contributed by atoms with Gasteiger partial charge in [-0.15, -0.1) is 0 Å². The van der Waals surface area contributed by atoms with Gasteiger partial charge in [0.05, 0.1) is 6.20 Å². The number of nitrogens with zero attached hydrogens (tertiary/aromatic N) is 3. The molecular weight excluding hydrogens is 212 g/mol. The minimum Gasteiger partial charge on any atom is -0.316 e. The first-order valence-electron chi connectivity index (χ1n) is 5.87. The number of aryl methyl sites for hydroxylation is 1. The van der Waals surface area contributed by atoms with Gasteiger partial charge < -0.3 is 5.32 Å². The summed E-state index contributed by atoms with van der Waals surface area (Å²) in [4.78, 5) is 4.28. The average Bonchev–Trinajstić information content (AvgIpc) is 2.71. The molecule has 2 rings (SSSR count). The van der Waals surface area contributed by atoms with E-state index < -0.39 is 0 Å². The van der Waals surface area contributed by atoms with E-state index in [1.54, 1.807) is 0 Å². The van der Waals surface area contributed by atoms with Gasteiger partial charge in [0.1, 0.15) is 0 Å². The Labute approximate surface area is 102 Å². The molecule has 0 amide bonds. The molecule has 17 heavy (non-hydrogen) atoms. The molecule has 0 saturated heterocycles. The molecule has 2 aromatic rings. The Balaban J connectivity index is 2.38. The van der Waals surface area contributed by atoms with Gasteiger partial charge in [-0.1, -0.05) is 0 Å². The van der Waals surface area contributed by atoms with Crippen molar-refractivity contribution in [1.82, 2.24) is 20.1 Å².